The highest BCUT2D eigenvalue weighted by Gasteiger charge is 2.50. The van der Waals surface area contributed by atoms with Gasteiger partial charge in [0, 0.05) is 22.3 Å². The van der Waals surface area contributed by atoms with Crippen LogP contribution in [0.2, 0.25) is 0 Å². The van der Waals surface area contributed by atoms with Crippen LogP contribution in [0.25, 0.3) is 0 Å². The SMILES string of the molecule is COc1cc(C(=O)NCCC23CC4CC(CC(C4)C2)C3)ccc1OCC(=O)Nc1ccc(Br)cc1. The summed E-state index contributed by atoms with van der Waals surface area (Å²) in [6.45, 7) is 0.546. The summed E-state index contributed by atoms with van der Waals surface area (Å²) in [7, 11) is 1.53. The topological polar surface area (TPSA) is 76.7 Å². The third kappa shape index (κ3) is 5.66. The summed E-state index contributed by atoms with van der Waals surface area (Å²) in [4.78, 5) is 25.1. The Labute approximate surface area is 215 Å². The van der Waals surface area contributed by atoms with E-state index >= 15 is 0 Å². The number of benzene rings is 2. The average molecular weight is 541 g/mol. The molecule has 186 valence electrons. The number of anilines is 1. The van der Waals surface area contributed by atoms with Crippen molar-refractivity contribution in [1.29, 1.82) is 0 Å². The van der Waals surface area contributed by atoms with Gasteiger partial charge in [-0.1, -0.05) is 15.9 Å². The van der Waals surface area contributed by atoms with Gasteiger partial charge < -0.3 is 20.1 Å². The van der Waals surface area contributed by atoms with Gasteiger partial charge in [0.15, 0.2) is 18.1 Å². The summed E-state index contributed by atoms with van der Waals surface area (Å²) in [5.41, 5.74) is 1.67. The van der Waals surface area contributed by atoms with Crippen molar-refractivity contribution in [2.45, 2.75) is 44.9 Å². The number of hydrogen-bond donors (Lipinski definition) is 2. The maximum atomic E-state index is 12.8. The Balaban J connectivity index is 1.12. The zero-order chi connectivity index (χ0) is 24.4. The number of nitrogens with one attached hydrogen (secondary N) is 2. The largest absolute Gasteiger partial charge is 0.493 e. The molecule has 0 atom stereocenters. The number of rotatable bonds is 9. The molecule has 2 amide bonds. The molecule has 0 unspecified atom stereocenters. The van der Waals surface area contributed by atoms with Crippen LogP contribution in [0.1, 0.15) is 55.3 Å². The van der Waals surface area contributed by atoms with Crippen molar-refractivity contribution < 1.29 is 19.1 Å². The van der Waals surface area contributed by atoms with Crippen molar-refractivity contribution in [2.75, 3.05) is 25.6 Å². The minimum absolute atomic E-state index is 0.104. The molecule has 0 heterocycles. The molecule has 4 aliphatic rings. The first-order valence-electron chi connectivity index (χ1n) is 12.6. The monoisotopic (exact) mass is 540 g/mol. The molecule has 4 bridgehead atoms. The second kappa shape index (κ2) is 10.2. The van der Waals surface area contributed by atoms with Gasteiger partial charge in [0.25, 0.3) is 11.8 Å². The van der Waals surface area contributed by atoms with Crippen molar-refractivity contribution >= 4 is 33.4 Å². The lowest BCUT2D eigenvalue weighted by Crippen LogP contribution is -2.47. The van der Waals surface area contributed by atoms with E-state index in [1.807, 2.05) is 12.1 Å². The number of hydrogen-bond acceptors (Lipinski definition) is 4. The van der Waals surface area contributed by atoms with Gasteiger partial charge in [-0.05, 0) is 111 Å². The molecule has 7 heteroatoms. The van der Waals surface area contributed by atoms with Gasteiger partial charge in [-0.15, -0.1) is 0 Å². The highest BCUT2D eigenvalue weighted by Crippen LogP contribution is 2.61. The Hall–Kier alpha value is -2.54. The highest BCUT2D eigenvalue weighted by atomic mass is 79.9. The van der Waals surface area contributed by atoms with E-state index < -0.39 is 0 Å². The van der Waals surface area contributed by atoms with E-state index in [0.717, 1.165) is 28.6 Å². The smallest absolute Gasteiger partial charge is 0.262 e. The van der Waals surface area contributed by atoms with Crippen LogP contribution in [0, 0.1) is 23.2 Å². The lowest BCUT2D eigenvalue weighted by molar-refractivity contribution is -0.118. The first kappa shape index (κ1) is 24.2. The van der Waals surface area contributed by atoms with Crippen molar-refractivity contribution in [3.05, 3.63) is 52.5 Å². The number of amides is 2. The minimum Gasteiger partial charge on any atom is -0.493 e. The Bertz CT molecular complexity index is 1050. The molecular formula is C28H33BrN2O4. The Kier molecular flexibility index (Phi) is 7.05. The van der Waals surface area contributed by atoms with Crippen molar-refractivity contribution in [2.24, 2.45) is 23.2 Å². The summed E-state index contributed by atoms with van der Waals surface area (Å²) < 4.78 is 12.0. The molecule has 6 nitrogen and oxygen atoms in total. The fraction of sp³-hybridized carbons (Fsp3) is 0.500. The van der Waals surface area contributed by atoms with Crippen LogP contribution in [-0.4, -0.2) is 32.1 Å². The van der Waals surface area contributed by atoms with E-state index in [1.54, 1.807) is 30.3 Å². The van der Waals surface area contributed by atoms with E-state index in [1.165, 1.54) is 45.6 Å². The van der Waals surface area contributed by atoms with Crippen LogP contribution >= 0.6 is 15.9 Å². The standard InChI is InChI=1S/C28H33BrN2O4/c1-34-25-13-21(2-7-24(25)35-17-26(32)31-23-5-3-22(29)4-6-23)27(33)30-9-8-28-14-18-10-19(15-28)12-20(11-18)16-28/h2-7,13,18-20H,8-12,14-17H2,1H3,(H,30,33)(H,31,32). The van der Waals surface area contributed by atoms with E-state index in [0.29, 0.717) is 34.7 Å². The molecule has 2 aromatic rings. The van der Waals surface area contributed by atoms with Gasteiger partial charge in [0.1, 0.15) is 0 Å². The molecule has 0 aromatic heterocycles. The van der Waals surface area contributed by atoms with Gasteiger partial charge in [0.2, 0.25) is 0 Å². The minimum atomic E-state index is -0.277. The first-order chi connectivity index (χ1) is 16.9. The van der Waals surface area contributed by atoms with Crippen LogP contribution in [0.5, 0.6) is 11.5 Å². The van der Waals surface area contributed by atoms with Crippen molar-refractivity contribution in [3.8, 4) is 11.5 Å². The maximum Gasteiger partial charge on any atom is 0.262 e. The molecule has 6 rings (SSSR count). The van der Waals surface area contributed by atoms with Crippen molar-refractivity contribution in [3.63, 3.8) is 0 Å². The lowest BCUT2D eigenvalue weighted by Gasteiger charge is -2.57. The Morgan fingerprint density at radius 3 is 2.26 bits per heavy atom. The van der Waals surface area contributed by atoms with Crippen LogP contribution in [0.3, 0.4) is 0 Å². The number of methoxy groups -OCH3 is 1. The predicted octanol–water partition coefficient (Wildman–Crippen LogP) is 5.81. The molecule has 35 heavy (non-hydrogen) atoms. The van der Waals surface area contributed by atoms with Crippen LogP contribution < -0.4 is 20.1 Å². The van der Waals surface area contributed by atoms with Gasteiger partial charge in [0.05, 0.1) is 7.11 Å². The Morgan fingerprint density at radius 1 is 0.971 bits per heavy atom. The summed E-state index contributed by atoms with van der Waals surface area (Å²) in [6.07, 6.45) is 9.44. The lowest BCUT2D eigenvalue weighted by atomic mass is 9.49. The third-order valence-electron chi connectivity index (χ3n) is 8.02. The summed E-state index contributed by atoms with van der Waals surface area (Å²) in [5.74, 6) is 3.23. The fourth-order valence-corrected chi connectivity index (χ4v) is 7.21. The quantitative estimate of drug-likeness (QED) is 0.420. The van der Waals surface area contributed by atoms with E-state index in [9.17, 15) is 9.59 Å². The van der Waals surface area contributed by atoms with Crippen LogP contribution in [0.4, 0.5) is 5.69 Å². The molecule has 2 N–H and O–H groups in total. The van der Waals surface area contributed by atoms with E-state index in [4.69, 9.17) is 9.47 Å². The average Bonchev–Trinajstić information content (AvgIpc) is 2.83. The second-order valence-corrected chi connectivity index (χ2v) is 11.5. The summed E-state index contributed by atoms with van der Waals surface area (Å²) >= 11 is 3.37. The molecule has 0 aliphatic heterocycles. The van der Waals surface area contributed by atoms with E-state index in [-0.39, 0.29) is 18.4 Å². The molecule has 4 fully saturated rings. The van der Waals surface area contributed by atoms with Gasteiger partial charge in [-0.3, -0.25) is 9.59 Å². The van der Waals surface area contributed by atoms with Gasteiger partial charge in [-0.2, -0.15) is 0 Å². The molecule has 0 radical (unpaired) electrons. The predicted molar refractivity (Wildman–Crippen MR) is 139 cm³/mol. The first-order valence-corrected chi connectivity index (χ1v) is 13.4. The van der Waals surface area contributed by atoms with Crippen LogP contribution in [-0.2, 0) is 4.79 Å². The molecule has 2 aromatic carbocycles. The summed E-state index contributed by atoms with van der Waals surface area (Å²) in [5, 5.41) is 5.91. The zero-order valence-electron chi connectivity index (χ0n) is 20.1. The third-order valence-corrected chi connectivity index (χ3v) is 8.55. The second-order valence-electron chi connectivity index (χ2n) is 10.6. The van der Waals surface area contributed by atoms with Gasteiger partial charge >= 0.3 is 0 Å². The number of carbonyl (C=O) groups is 2. The number of ether oxygens (including phenoxy) is 2. The zero-order valence-corrected chi connectivity index (χ0v) is 21.7. The van der Waals surface area contributed by atoms with E-state index in [2.05, 4.69) is 26.6 Å². The normalized spacial score (nSPS) is 26.3. The molecule has 0 saturated heterocycles. The van der Waals surface area contributed by atoms with Crippen molar-refractivity contribution in [1.82, 2.24) is 5.32 Å². The Morgan fingerprint density at radius 2 is 1.63 bits per heavy atom. The molecule has 0 spiro atoms. The number of carbonyl (C=O) groups excluding carboxylic acids is 2. The number of halogens is 1. The maximum absolute atomic E-state index is 12.8. The molecule has 4 saturated carbocycles. The van der Waals surface area contributed by atoms with Gasteiger partial charge in [-0.25, -0.2) is 0 Å². The molecule has 4 aliphatic carbocycles. The summed E-state index contributed by atoms with van der Waals surface area (Å²) in [6, 6.07) is 12.4. The highest BCUT2D eigenvalue weighted by molar-refractivity contribution is 9.10. The molecular weight excluding hydrogens is 508 g/mol. The fourth-order valence-electron chi connectivity index (χ4n) is 6.94. The van der Waals surface area contributed by atoms with Crippen LogP contribution in [0.15, 0.2) is 46.9 Å².